The third-order valence-electron chi connectivity index (χ3n) is 1.61. The Kier molecular flexibility index (Phi) is 5.05. The second-order valence-electron chi connectivity index (χ2n) is 2.76. The molecule has 0 atom stereocenters. The summed E-state index contributed by atoms with van der Waals surface area (Å²) in [6, 6.07) is 4.79. The van der Waals surface area contributed by atoms with E-state index in [-0.39, 0.29) is 16.5 Å². The van der Waals surface area contributed by atoms with E-state index in [1.165, 1.54) is 6.07 Å². The molecule has 0 aliphatic carbocycles. The molecular formula is C9H7BrCl2N2O2. The van der Waals surface area contributed by atoms with E-state index < -0.39 is 11.8 Å². The van der Waals surface area contributed by atoms with Gasteiger partial charge in [-0.15, -0.1) is 11.6 Å². The molecule has 2 amide bonds. The van der Waals surface area contributed by atoms with E-state index in [1.54, 1.807) is 12.1 Å². The summed E-state index contributed by atoms with van der Waals surface area (Å²) in [6.07, 6.45) is 0. The van der Waals surface area contributed by atoms with E-state index in [9.17, 15) is 9.59 Å². The SMILES string of the molecule is O=C(CCl)NNC(=O)c1ccc(Br)cc1Cl. The summed E-state index contributed by atoms with van der Waals surface area (Å²) in [5.74, 6) is -1.23. The van der Waals surface area contributed by atoms with Gasteiger partial charge < -0.3 is 0 Å². The van der Waals surface area contributed by atoms with E-state index in [1.807, 2.05) is 0 Å². The van der Waals surface area contributed by atoms with Crippen molar-refractivity contribution < 1.29 is 9.59 Å². The van der Waals surface area contributed by atoms with Crippen LogP contribution in [0.4, 0.5) is 0 Å². The minimum absolute atomic E-state index is 0.228. The Hall–Kier alpha value is -0.780. The lowest BCUT2D eigenvalue weighted by Gasteiger charge is -2.07. The lowest BCUT2D eigenvalue weighted by atomic mass is 10.2. The molecule has 4 nitrogen and oxygen atoms in total. The highest BCUT2D eigenvalue weighted by atomic mass is 79.9. The maximum atomic E-state index is 11.5. The summed E-state index contributed by atoms with van der Waals surface area (Å²) in [6.45, 7) is 0. The molecule has 0 spiro atoms. The molecule has 0 saturated heterocycles. The quantitative estimate of drug-likeness (QED) is 0.646. The minimum atomic E-state index is -0.504. The van der Waals surface area contributed by atoms with Crippen molar-refractivity contribution in [2.24, 2.45) is 0 Å². The average Bonchev–Trinajstić information content (AvgIpc) is 2.25. The molecule has 0 aliphatic rings. The lowest BCUT2D eigenvalue weighted by Crippen LogP contribution is -2.42. The van der Waals surface area contributed by atoms with Crippen LogP contribution in [0.3, 0.4) is 0 Å². The van der Waals surface area contributed by atoms with Crippen LogP contribution in [0, 0.1) is 0 Å². The summed E-state index contributed by atoms with van der Waals surface area (Å²) < 4.78 is 0.763. The molecule has 1 rings (SSSR count). The fraction of sp³-hybridized carbons (Fsp3) is 0.111. The van der Waals surface area contributed by atoms with Gasteiger partial charge in [-0.2, -0.15) is 0 Å². The van der Waals surface area contributed by atoms with E-state index in [0.717, 1.165) is 4.47 Å². The van der Waals surface area contributed by atoms with Crippen molar-refractivity contribution in [1.82, 2.24) is 10.9 Å². The van der Waals surface area contributed by atoms with Gasteiger partial charge in [0.25, 0.3) is 11.8 Å². The highest BCUT2D eigenvalue weighted by Gasteiger charge is 2.10. The highest BCUT2D eigenvalue weighted by Crippen LogP contribution is 2.20. The maximum absolute atomic E-state index is 11.5. The first-order chi connectivity index (χ1) is 7.54. The number of rotatable bonds is 2. The molecule has 1 aromatic rings. The molecule has 0 bridgehead atoms. The second kappa shape index (κ2) is 6.08. The predicted octanol–water partition coefficient (Wildman–Crippen LogP) is 2.10. The number of amides is 2. The molecule has 0 saturated carbocycles. The Bertz CT molecular complexity index is 426. The van der Waals surface area contributed by atoms with Gasteiger partial charge in [0.15, 0.2) is 0 Å². The Morgan fingerprint density at radius 3 is 2.56 bits per heavy atom. The predicted molar refractivity (Wildman–Crippen MR) is 65.5 cm³/mol. The number of benzene rings is 1. The topological polar surface area (TPSA) is 58.2 Å². The molecule has 0 aromatic heterocycles. The van der Waals surface area contributed by atoms with E-state index in [4.69, 9.17) is 23.2 Å². The normalized spacial score (nSPS) is 9.69. The van der Waals surface area contributed by atoms with E-state index in [0.29, 0.717) is 0 Å². The van der Waals surface area contributed by atoms with Crippen molar-refractivity contribution in [3.8, 4) is 0 Å². The van der Waals surface area contributed by atoms with Crippen molar-refractivity contribution in [3.63, 3.8) is 0 Å². The van der Waals surface area contributed by atoms with Crippen LogP contribution in [0.25, 0.3) is 0 Å². The standard InChI is InChI=1S/C9H7BrCl2N2O2/c10-5-1-2-6(7(12)3-5)9(16)14-13-8(15)4-11/h1-3H,4H2,(H,13,15)(H,14,16). The van der Waals surface area contributed by atoms with Crippen LogP contribution in [0.2, 0.25) is 5.02 Å². The summed E-state index contributed by atoms with van der Waals surface area (Å²) >= 11 is 14.3. The summed E-state index contributed by atoms with van der Waals surface area (Å²) in [7, 11) is 0. The van der Waals surface area contributed by atoms with E-state index >= 15 is 0 Å². The van der Waals surface area contributed by atoms with Gasteiger partial charge in [0.1, 0.15) is 5.88 Å². The zero-order valence-corrected chi connectivity index (χ0v) is 11.0. The van der Waals surface area contributed by atoms with Crippen LogP contribution < -0.4 is 10.9 Å². The first kappa shape index (κ1) is 13.3. The number of carbonyl (C=O) groups excluding carboxylic acids is 2. The Labute approximate surface area is 110 Å². The molecule has 86 valence electrons. The van der Waals surface area contributed by atoms with Crippen LogP contribution in [0.5, 0.6) is 0 Å². The first-order valence-corrected chi connectivity index (χ1v) is 5.85. The molecule has 0 radical (unpaired) electrons. The Morgan fingerprint density at radius 2 is 2.00 bits per heavy atom. The molecule has 1 aromatic carbocycles. The highest BCUT2D eigenvalue weighted by molar-refractivity contribution is 9.10. The molecule has 0 heterocycles. The maximum Gasteiger partial charge on any atom is 0.271 e. The van der Waals surface area contributed by atoms with Crippen LogP contribution in [0.15, 0.2) is 22.7 Å². The summed E-state index contributed by atoms with van der Waals surface area (Å²) in [5, 5.41) is 0.284. The van der Waals surface area contributed by atoms with Crippen molar-refractivity contribution in [2.45, 2.75) is 0 Å². The summed E-state index contributed by atoms with van der Waals surface area (Å²) in [4.78, 5) is 22.3. The molecule has 0 aliphatic heterocycles. The fourth-order valence-electron chi connectivity index (χ4n) is 0.901. The Morgan fingerprint density at radius 1 is 1.31 bits per heavy atom. The monoisotopic (exact) mass is 324 g/mol. The number of hydrogen-bond acceptors (Lipinski definition) is 2. The lowest BCUT2D eigenvalue weighted by molar-refractivity contribution is -0.119. The zero-order chi connectivity index (χ0) is 12.1. The number of alkyl halides is 1. The van der Waals surface area contributed by atoms with Gasteiger partial charge in [-0.3, -0.25) is 20.4 Å². The van der Waals surface area contributed by atoms with Crippen molar-refractivity contribution in [1.29, 1.82) is 0 Å². The average molecular weight is 326 g/mol. The van der Waals surface area contributed by atoms with Crippen molar-refractivity contribution >= 4 is 50.9 Å². The van der Waals surface area contributed by atoms with Crippen molar-refractivity contribution in [3.05, 3.63) is 33.3 Å². The van der Waals surface area contributed by atoms with Crippen LogP contribution in [-0.4, -0.2) is 17.7 Å². The molecule has 7 heteroatoms. The first-order valence-electron chi connectivity index (χ1n) is 4.15. The second-order valence-corrected chi connectivity index (χ2v) is 4.35. The molecule has 2 N–H and O–H groups in total. The largest absolute Gasteiger partial charge is 0.272 e. The molecular weight excluding hydrogens is 319 g/mol. The van der Waals surface area contributed by atoms with Gasteiger partial charge in [-0.05, 0) is 18.2 Å². The van der Waals surface area contributed by atoms with Crippen LogP contribution in [-0.2, 0) is 4.79 Å². The number of nitrogens with one attached hydrogen (secondary N) is 2. The number of hydrogen-bond donors (Lipinski definition) is 2. The van der Waals surface area contributed by atoms with Crippen LogP contribution >= 0.6 is 39.1 Å². The summed E-state index contributed by atoms with van der Waals surface area (Å²) in [5.41, 5.74) is 4.58. The smallest absolute Gasteiger partial charge is 0.271 e. The minimum Gasteiger partial charge on any atom is -0.272 e. The van der Waals surface area contributed by atoms with Gasteiger partial charge in [0.05, 0.1) is 10.6 Å². The Balaban J connectivity index is 2.70. The van der Waals surface area contributed by atoms with E-state index in [2.05, 4.69) is 26.8 Å². The molecule has 0 unspecified atom stereocenters. The van der Waals surface area contributed by atoms with Gasteiger partial charge >= 0.3 is 0 Å². The third-order valence-corrected chi connectivity index (χ3v) is 2.66. The number of carbonyl (C=O) groups is 2. The van der Waals surface area contributed by atoms with Gasteiger partial charge in [-0.1, -0.05) is 27.5 Å². The van der Waals surface area contributed by atoms with Crippen LogP contribution in [0.1, 0.15) is 10.4 Å². The van der Waals surface area contributed by atoms with Crippen molar-refractivity contribution in [2.75, 3.05) is 5.88 Å². The zero-order valence-electron chi connectivity index (χ0n) is 7.89. The van der Waals surface area contributed by atoms with Gasteiger partial charge in [0.2, 0.25) is 0 Å². The van der Waals surface area contributed by atoms with Gasteiger partial charge in [-0.25, -0.2) is 0 Å². The molecule has 16 heavy (non-hydrogen) atoms. The number of hydrazine groups is 1. The number of halogens is 3. The third kappa shape index (κ3) is 3.66. The van der Waals surface area contributed by atoms with Gasteiger partial charge in [0, 0.05) is 4.47 Å². The molecule has 0 fully saturated rings. The fourth-order valence-corrected chi connectivity index (χ4v) is 1.73.